The number of hydrogen-bond donors (Lipinski definition) is 0. The van der Waals surface area contributed by atoms with Gasteiger partial charge in [-0.1, -0.05) is 12.1 Å². The quantitative estimate of drug-likeness (QED) is 0.571. The van der Waals surface area contributed by atoms with Crippen LogP contribution in [-0.4, -0.2) is 40.1 Å². The maximum atomic E-state index is 13.1. The molecule has 1 aliphatic carbocycles. The van der Waals surface area contributed by atoms with Gasteiger partial charge in [0.1, 0.15) is 18.0 Å². The monoisotopic (exact) mass is 453 g/mol. The molecule has 1 amide bonds. The number of aryl methyl sites for hydroxylation is 3. The Balaban J connectivity index is 1.31. The number of amides is 1. The van der Waals surface area contributed by atoms with Crippen LogP contribution in [0.4, 0.5) is 0 Å². The number of para-hydroxylation sites is 1. The van der Waals surface area contributed by atoms with E-state index in [1.807, 2.05) is 25.1 Å². The zero-order valence-corrected chi connectivity index (χ0v) is 19.1. The molecule has 3 aromatic rings. The zero-order chi connectivity index (χ0) is 22.1. The van der Waals surface area contributed by atoms with E-state index in [2.05, 4.69) is 4.98 Å². The Hall–Kier alpha value is -2.87. The fraction of sp³-hybridized carbons (Fsp3) is 0.458. The van der Waals surface area contributed by atoms with Crippen molar-refractivity contribution in [2.24, 2.45) is 0 Å². The molecule has 2 aliphatic rings. The lowest BCUT2D eigenvalue weighted by Gasteiger charge is -2.25. The van der Waals surface area contributed by atoms with E-state index in [1.54, 1.807) is 27.1 Å². The lowest BCUT2D eigenvalue weighted by Crippen LogP contribution is -2.32. The number of benzene rings is 1. The summed E-state index contributed by atoms with van der Waals surface area (Å²) in [7, 11) is 0. The number of fused-ring (bicyclic) bond motifs is 4. The van der Waals surface area contributed by atoms with Crippen LogP contribution in [0.2, 0.25) is 0 Å². The van der Waals surface area contributed by atoms with Crippen LogP contribution in [0.5, 0.6) is 11.5 Å². The highest BCUT2D eigenvalue weighted by atomic mass is 32.1. The maximum absolute atomic E-state index is 13.1. The largest absolute Gasteiger partial charge is 0.486 e. The normalized spacial score (nSPS) is 14.9. The molecule has 8 heteroatoms. The van der Waals surface area contributed by atoms with Crippen LogP contribution in [0.3, 0.4) is 0 Å². The summed E-state index contributed by atoms with van der Waals surface area (Å²) < 4.78 is 13.0. The molecule has 0 fully saturated rings. The highest BCUT2D eigenvalue weighted by Gasteiger charge is 2.22. The molecule has 0 bridgehead atoms. The van der Waals surface area contributed by atoms with E-state index in [0.29, 0.717) is 32.8 Å². The molecule has 2 aromatic heterocycles. The van der Waals surface area contributed by atoms with Crippen LogP contribution in [-0.2, 0) is 30.7 Å². The molecule has 168 valence electrons. The third kappa shape index (κ3) is 3.88. The molecule has 3 heterocycles. The minimum Gasteiger partial charge on any atom is -0.486 e. The van der Waals surface area contributed by atoms with Crippen molar-refractivity contribution in [3.8, 4) is 11.5 Å². The van der Waals surface area contributed by atoms with E-state index in [9.17, 15) is 9.59 Å². The topological polar surface area (TPSA) is 73.7 Å². The van der Waals surface area contributed by atoms with Crippen molar-refractivity contribution in [1.29, 1.82) is 0 Å². The number of aromatic nitrogens is 2. The molecule has 1 aromatic carbocycles. The second-order valence-electron chi connectivity index (χ2n) is 8.23. The van der Waals surface area contributed by atoms with Gasteiger partial charge in [-0.25, -0.2) is 4.98 Å². The molecular formula is C24H27N3O4S. The minimum atomic E-state index is -0.0204. The molecule has 0 unspecified atom stereocenters. The van der Waals surface area contributed by atoms with Crippen molar-refractivity contribution < 1.29 is 14.3 Å². The second kappa shape index (κ2) is 8.94. The van der Waals surface area contributed by atoms with Crippen LogP contribution in [0.1, 0.15) is 42.2 Å². The SMILES string of the molecule is CCN(Cc1cccc2c1OCCO2)C(=O)CCn1cnc2sc3c(c2c1=O)CCCC3. The predicted molar refractivity (Wildman–Crippen MR) is 124 cm³/mol. The average Bonchev–Trinajstić information content (AvgIpc) is 3.21. The van der Waals surface area contributed by atoms with Crippen molar-refractivity contribution in [2.45, 2.75) is 52.1 Å². The van der Waals surface area contributed by atoms with Gasteiger partial charge in [-0.05, 0) is 44.2 Å². The van der Waals surface area contributed by atoms with E-state index < -0.39 is 0 Å². The minimum absolute atomic E-state index is 0.00109. The maximum Gasteiger partial charge on any atom is 0.262 e. The standard InChI is InChI=1S/C24H27N3O4S/c1-2-26(14-16-6-5-8-18-22(16)31-13-12-30-18)20(28)10-11-27-15-25-23-21(24(27)29)17-7-3-4-9-19(17)32-23/h5-6,8,15H,2-4,7,9-14H2,1H3. The molecule has 0 saturated carbocycles. The van der Waals surface area contributed by atoms with Gasteiger partial charge in [-0.2, -0.15) is 0 Å². The summed E-state index contributed by atoms with van der Waals surface area (Å²) in [6.45, 7) is 4.36. The summed E-state index contributed by atoms with van der Waals surface area (Å²) in [6.07, 6.45) is 6.13. The molecular weight excluding hydrogens is 426 g/mol. The van der Waals surface area contributed by atoms with Gasteiger partial charge >= 0.3 is 0 Å². The number of rotatable bonds is 6. The molecule has 32 heavy (non-hydrogen) atoms. The van der Waals surface area contributed by atoms with Gasteiger partial charge in [-0.3, -0.25) is 14.2 Å². The van der Waals surface area contributed by atoms with Gasteiger partial charge in [0, 0.05) is 36.5 Å². The van der Waals surface area contributed by atoms with Gasteiger partial charge in [-0.15, -0.1) is 11.3 Å². The molecule has 5 rings (SSSR count). The molecule has 0 atom stereocenters. The highest BCUT2D eigenvalue weighted by Crippen LogP contribution is 2.35. The van der Waals surface area contributed by atoms with Crippen molar-refractivity contribution in [1.82, 2.24) is 14.5 Å². The fourth-order valence-corrected chi connectivity index (χ4v) is 5.77. The summed E-state index contributed by atoms with van der Waals surface area (Å²) in [5, 5.41) is 0.764. The van der Waals surface area contributed by atoms with Gasteiger partial charge in [0.25, 0.3) is 5.56 Å². The van der Waals surface area contributed by atoms with E-state index in [1.165, 1.54) is 16.9 Å². The Bertz CT molecular complexity index is 1220. The number of nitrogens with zero attached hydrogens (tertiary/aromatic N) is 3. The first-order chi connectivity index (χ1) is 15.7. The van der Waals surface area contributed by atoms with Crippen LogP contribution < -0.4 is 15.0 Å². The summed E-state index contributed by atoms with van der Waals surface area (Å²) in [6, 6.07) is 5.77. The number of carbonyl (C=O) groups is 1. The third-order valence-electron chi connectivity index (χ3n) is 6.25. The predicted octanol–water partition coefficient (Wildman–Crippen LogP) is 3.55. The smallest absolute Gasteiger partial charge is 0.262 e. The molecule has 7 nitrogen and oxygen atoms in total. The van der Waals surface area contributed by atoms with Crippen molar-refractivity contribution in [2.75, 3.05) is 19.8 Å². The molecule has 0 spiro atoms. The Morgan fingerprint density at radius 1 is 1.22 bits per heavy atom. The zero-order valence-electron chi connectivity index (χ0n) is 18.3. The molecule has 0 N–H and O–H groups in total. The summed E-state index contributed by atoms with van der Waals surface area (Å²) >= 11 is 1.65. The lowest BCUT2D eigenvalue weighted by molar-refractivity contribution is -0.131. The van der Waals surface area contributed by atoms with E-state index in [4.69, 9.17) is 9.47 Å². The first-order valence-corrected chi connectivity index (χ1v) is 12.1. The second-order valence-corrected chi connectivity index (χ2v) is 9.32. The summed E-state index contributed by atoms with van der Waals surface area (Å²) in [4.78, 5) is 34.6. The first-order valence-electron chi connectivity index (χ1n) is 11.3. The van der Waals surface area contributed by atoms with Gasteiger partial charge in [0.15, 0.2) is 11.5 Å². The average molecular weight is 454 g/mol. The van der Waals surface area contributed by atoms with Crippen molar-refractivity contribution in [3.63, 3.8) is 0 Å². The Kier molecular flexibility index (Phi) is 5.87. The Morgan fingerprint density at radius 2 is 2.06 bits per heavy atom. The molecule has 0 saturated heterocycles. The third-order valence-corrected chi connectivity index (χ3v) is 7.45. The fourth-order valence-electron chi connectivity index (χ4n) is 4.56. The van der Waals surface area contributed by atoms with Crippen LogP contribution in [0.25, 0.3) is 10.2 Å². The summed E-state index contributed by atoms with van der Waals surface area (Å²) in [5.41, 5.74) is 2.09. The first kappa shape index (κ1) is 21.0. The van der Waals surface area contributed by atoms with Crippen molar-refractivity contribution >= 4 is 27.5 Å². The summed E-state index contributed by atoms with van der Waals surface area (Å²) in [5.74, 6) is 1.45. The van der Waals surface area contributed by atoms with Crippen molar-refractivity contribution in [3.05, 3.63) is 50.9 Å². The molecule has 0 radical (unpaired) electrons. The number of ether oxygens (including phenoxy) is 2. The van der Waals surface area contributed by atoms with Crippen LogP contribution in [0.15, 0.2) is 29.3 Å². The number of carbonyl (C=O) groups excluding carboxylic acids is 1. The molecule has 1 aliphatic heterocycles. The van der Waals surface area contributed by atoms with Crippen LogP contribution in [0, 0.1) is 0 Å². The number of hydrogen-bond acceptors (Lipinski definition) is 6. The number of thiophene rings is 1. The van der Waals surface area contributed by atoms with Crippen LogP contribution >= 0.6 is 11.3 Å². The van der Waals surface area contributed by atoms with Gasteiger partial charge in [0.2, 0.25) is 5.91 Å². The Morgan fingerprint density at radius 3 is 2.94 bits per heavy atom. The van der Waals surface area contributed by atoms with Gasteiger partial charge < -0.3 is 14.4 Å². The Labute approximate surface area is 190 Å². The van der Waals surface area contributed by atoms with E-state index >= 15 is 0 Å². The van der Waals surface area contributed by atoms with E-state index in [0.717, 1.165) is 46.5 Å². The highest BCUT2D eigenvalue weighted by molar-refractivity contribution is 7.18. The van der Waals surface area contributed by atoms with E-state index in [-0.39, 0.29) is 17.9 Å². The van der Waals surface area contributed by atoms with Gasteiger partial charge in [0.05, 0.1) is 11.7 Å². The lowest BCUT2D eigenvalue weighted by atomic mass is 9.97.